The van der Waals surface area contributed by atoms with Gasteiger partial charge in [0.05, 0.1) is 10.6 Å². The number of benzene rings is 1. The fourth-order valence-corrected chi connectivity index (χ4v) is 4.17. The molecule has 0 radical (unpaired) electrons. The summed E-state index contributed by atoms with van der Waals surface area (Å²) in [7, 11) is -3.23. The van der Waals surface area contributed by atoms with Gasteiger partial charge in [-0.15, -0.1) is 0 Å². The Balaban J connectivity index is 1.95. The maximum atomic E-state index is 12.2. The molecule has 1 saturated heterocycles. The molecule has 0 amide bonds. The van der Waals surface area contributed by atoms with Gasteiger partial charge in [0.15, 0.2) is 9.84 Å². The van der Waals surface area contributed by atoms with E-state index in [1.807, 2.05) is 6.07 Å². The highest BCUT2D eigenvalue weighted by molar-refractivity contribution is 9.10. The van der Waals surface area contributed by atoms with Gasteiger partial charge in [-0.05, 0) is 37.1 Å². The molecule has 1 aliphatic rings. The monoisotopic (exact) mass is 347 g/mol. The predicted octanol–water partition coefficient (Wildman–Crippen LogP) is 1.54. The third-order valence-corrected chi connectivity index (χ3v) is 5.65. The van der Waals surface area contributed by atoms with Gasteiger partial charge >= 0.3 is 0 Å². The van der Waals surface area contributed by atoms with Gasteiger partial charge in [-0.1, -0.05) is 22.0 Å². The second-order valence-electron chi connectivity index (χ2n) is 4.91. The van der Waals surface area contributed by atoms with E-state index in [1.165, 1.54) is 0 Å². The molecule has 0 spiro atoms. The molecule has 1 unspecified atom stereocenters. The van der Waals surface area contributed by atoms with Crippen molar-refractivity contribution in [3.63, 3.8) is 0 Å². The van der Waals surface area contributed by atoms with E-state index in [-0.39, 0.29) is 12.4 Å². The highest BCUT2D eigenvalue weighted by atomic mass is 79.9. The predicted molar refractivity (Wildman–Crippen MR) is 77.8 cm³/mol. The summed E-state index contributed by atoms with van der Waals surface area (Å²) in [6.07, 6.45) is 0.952. The van der Waals surface area contributed by atoms with Gasteiger partial charge in [0.2, 0.25) is 0 Å². The second-order valence-corrected chi connectivity index (χ2v) is 7.94. The molecule has 1 aromatic carbocycles. The molecule has 4 nitrogen and oxygen atoms in total. The zero-order valence-corrected chi connectivity index (χ0v) is 13.0. The average Bonchev–Trinajstić information content (AvgIpc) is 2.84. The van der Waals surface area contributed by atoms with Gasteiger partial charge in [0.25, 0.3) is 0 Å². The Kier molecular flexibility index (Phi) is 5.00. The van der Waals surface area contributed by atoms with Crippen LogP contribution in [0.15, 0.2) is 33.6 Å². The van der Waals surface area contributed by atoms with Crippen molar-refractivity contribution in [1.82, 2.24) is 4.90 Å². The van der Waals surface area contributed by atoms with Gasteiger partial charge in [0.1, 0.15) is 0 Å². The lowest BCUT2D eigenvalue weighted by Crippen LogP contribution is -2.28. The minimum absolute atomic E-state index is 0.127. The fourth-order valence-electron chi connectivity index (χ4n) is 2.29. The molecule has 2 rings (SSSR count). The highest BCUT2D eigenvalue weighted by Crippen LogP contribution is 2.19. The lowest BCUT2D eigenvalue weighted by Gasteiger charge is -2.15. The van der Waals surface area contributed by atoms with E-state index in [0.717, 1.165) is 24.0 Å². The Labute approximate surface area is 122 Å². The molecule has 19 heavy (non-hydrogen) atoms. The summed E-state index contributed by atoms with van der Waals surface area (Å²) in [5.74, 6) is 0.426. The van der Waals surface area contributed by atoms with Crippen LogP contribution in [-0.2, 0) is 9.84 Å². The van der Waals surface area contributed by atoms with E-state index in [0.29, 0.717) is 17.4 Å². The van der Waals surface area contributed by atoms with Crippen molar-refractivity contribution in [3.05, 3.63) is 28.7 Å². The van der Waals surface area contributed by atoms with E-state index < -0.39 is 9.84 Å². The van der Waals surface area contributed by atoms with Crippen LogP contribution in [-0.4, -0.2) is 50.4 Å². The highest BCUT2D eigenvalue weighted by Gasteiger charge is 2.23. The first-order valence-corrected chi connectivity index (χ1v) is 8.77. The lowest BCUT2D eigenvalue weighted by molar-refractivity contribution is 0.224. The Morgan fingerprint density at radius 1 is 1.42 bits per heavy atom. The van der Waals surface area contributed by atoms with Crippen LogP contribution in [0.1, 0.15) is 6.42 Å². The molecule has 1 aliphatic heterocycles. The Bertz CT molecular complexity index is 532. The number of nitrogens with zero attached hydrogens (tertiary/aromatic N) is 1. The van der Waals surface area contributed by atoms with E-state index in [4.69, 9.17) is 5.11 Å². The largest absolute Gasteiger partial charge is 0.396 e. The third-order valence-electron chi connectivity index (χ3n) is 3.46. The van der Waals surface area contributed by atoms with Crippen LogP contribution in [0.5, 0.6) is 0 Å². The lowest BCUT2D eigenvalue weighted by atomic mass is 10.1. The summed E-state index contributed by atoms with van der Waals surface area (Å²) in [5.41, 5.74) is 0. The van der Waals surface area contributed by atoms with Gasteiger partial charge in [0, 0.05) is 24.2 Å². The number of sulfone groups is 1. The Hall–Kier alpha value is -0.430. The summed E-state index contributed by atoms with van der Waals surface area (Å²) in [4.78, 5) is 2.47. The van der Waals surface area contributed by atoms with Crippen LogP contribution in [0.2, 0.25) is 0 Å². The molecule has 0 bridgehead atoms. The minimum atomic E-state index is -3.23. The van der Waals surface area contributed by atoms with Crippen molar-refractivity contribution in [1.29, 1.82) is 0 Å². The SMILES string of the molecule is O=S(=O)(CCN1CCC(CO)C1)c1cccc(Br)c1. The van der Waals surface area contributed by atoms with Crippen LogP contribution in [0, 0.1) is 5.92 Å². The van der Waals surface area contributed by atoms with E-state index in [9.17, 15) is 8.42 Å². The summed E-state index contributed by atoms with van der Waals surface area (Å²) in [6, 6.07) is 6.80. The van der Waals surface area contributed by atoms with E-state index in [2.05, 4.69) is 20.8 Å². The average molecular weight is 348 g/mol. The molecule has 0 saturated carbocycles. The zero-order valence-electron chi connectivity index (χ0n) is 10.6. The maximum Gasteiger partial charge on any atom is 0.179 e. The van der Waals surface area contributed by atoms with Crippen molar-refractivity contribution < 1.29 is 13.5 Å². The molecule has 1 aromatic rings. The van der Waals surface area contributed by atoms with Crippen molar-refractivity contribution in [2.45, 2.75) is 11.3 Å². The first-order chi connectivity index (χ1) is 9.01. The third kappa shape index (κ3) is 4.02. The normalized spacial score (nSPS) is 20.8. The Morgan fingerprint density at radius 3 is 2.84 bits per heavy atom. The molecular weight excluding hydrogens is 330 g/mol. The first-order valence-electron chi connectivity index (χ1n) is 6.33. The topological polar surface area (TPSA) is 57.6 Å². The number of aliphatic hydroxyl groups excluding tert-OH is 1. The van der Waals surface area contributed by atoms with Gasteiger partial charge in [-0.25, -0.2) is 8.42 Å². The van der Waals surface area contributed by atoms with Crippen molar-refractivity contribution >= 4 is 25.8 Å². The first kappa shape index (κ1) is 15.0. The Morgan fingerprint density at radius 2 is 2.21 bits per heavy atom. The smallest absolute Gasteiger partial charge is 0.179 e. The maximum absolute atomic E-state index is 12.2. The summed E-state index contributed by atoms with van der Waals surface area (Å²) >= 11 is 3.29. The number of hydrogen-bond acceptors (Lipinski definition) is 4. The molecule has 0 aliphatic carbocycles. The van der Waals surface area contributed by atoms with Crippen molar-refractivity contribution in [3.8, 4) is 0 Å². The van der Waals surface area contributed by atoms with Crippen molar-refractivity contribution in [2.75, 3.05) is 32.0 Å². The number of hydrogen-bond donors (Lipinski definition) is 1. The molecule has 1 atom stereocenters. The number of likely N-dealkylation sites (tertiary alicyclic amines) is 1. The number of rotatable bonds is 5. The van der Waals surface area contributed by atoms with Crippen LogP contribution in [0.25, 0.3) is 0 Å². The van der Waals surface area contributed by atoms with E-state index >= 15 is 0 Å². The standard InChI is InChI=1S/C13H18BrNO3S/c14-12-2-1-3-13(8-12)19(17,18)7-6-15-5-4-11(9-15)10-16/h1-3,8,11,16H,4-7,9-10H2. The van der Waals surface area contributed by atoms with Crippen LogP contribution in [0.3, 0.4) is 0 Å². The molecular formula is C13H18BrNO3S. The minimum Gasteiger partial charge on any atom is -0.396 e. The molecule has 1 fully saturated rings. The fraction of sp³-hybridized carbons (Fsp3) is 0.538. The summed E-state index contributed by atoms with van der Waals surface area (Å²) in [6.45, 7) is 2.39. The molecule has 1 heterocycles. The zero-order chi connectivity index (χ0) is 13.9. The van der Waals surface area contributed by atoms with Crippen LogP contribution < -0.4 is 0 Å². The quantitative estimate of drug-likeness (QED) is 0.877. The molecule has 1 N–H and O–H groups in total. The molecule has 0 aromatic heterocycles. The molecule has 6 heteroatoms. The van der Waals surface area contributed by atoms with Gasteiger partial charge in [-0.3, -0.25) is 0 Å². The second kappa shape index (κ2) is 6.35. The van der Waals surface area contributed by atoms with E-state index in [1.54, 1.807) is 18.2 Å². The summed E-state index contributed by atoms with van der Waals surface area (Å²) < 4.78 is 25.2. The van der Waals surface area contributed by atoms with Crippen molar-refractivity contribution in [2.24, 2.45) is 5.92 Å². The van der Waals surface area contributed by atoms with Gasteiger partial charge < -0.3 is 10.0 Å². The number of aliphatic hydroxyl groups is 1. The van der Waals surface area contributed by atoms with Crippen LogP contribution in [0.4, 0.5) is 0 Å². The van der Waals surface area contributed by atoms with Gasteiger partial charge in [-0.2, -0.15) is 0 Å². The molecule has 106 valence electrons. The summed E-state index contributed by atoms with van der Waals surface area (Å²) in [5, 5.41) is 9.07. The van der Waals surface area contributed by atoms with Crippen LogP contribution >= 0.6 is 15.9 Å². The number of halogens is 1.